The number of hydrogen-bond donors (Lipinski definition) is 0. The van der Waals surface area contributed by atoms with Crippen molar-refractivity contribution in [3.05, 3.63) is 70.8 Å². The van der Waals surface area contributed by atoms with Gasteiger partial charge in [-0.2, -0.15) is 18.4 Å². The zero-order valence-corrected chi connectivity index (χ0v) is 18.6. The molecule has 4 aromatic rings. The van der Waals surface area contributed by atoms with Crippen molar-refractivity contribution in [2.45, 2.75) is 26.2 Å². The Hall–Kier alpha value is -4.33. The van der Waals surface area contributed by atoms with E-state index in [4.69, 9.17) is 10.00 Å². The number of anilines is 1. The Labute approximate surface area is 198 Å². The van der Waals surface area contributed by atoms with Crippen LogP contribution in [-0.4, -0.2) is 27.8 Å². The Bertz CT molecular complexity index is 1470. The molecular formula is C24H19F3N6O2. The molecule has 1 aliphatic rings. The first-order chi connectivity index (χ1) is 16.7. The molecule has 5 rings (SSSR count). The summed E-state index contributed by atoms with van der Waals surface area (Å²) < 4.78 is 45.9. The standard InChI is InChI=1S/C24H19F3N6O2/c1-15-10-16(23-29-12-17-11-18(24(25,26)27)3-4-19(17)30-23)2-5-20(15)31-8-9-35-22-14-32(7-6-28)33(34)21(22)13-31/h2-5,10-12,14H,7-9,13H2,1H3. The molecule has 0 atom stereocenters. The van der Waals surface area contributed by atoms with Crippen LogP contribution in [0.3, 0.4) is 0 Å². The van der Waals surface area contributed by atoms with Crippen LogP contribution in [0.2, 0.25) is 0 Å². The average molecular weight is 480 g/mol. The van der Waals surface area contributed by atoms with E-state index >= 15 is 0 Å². The third kappa shape index (κ3) is 4.19. The molecule has 0 bridgehead atoms. The molecule has 0 saturated carbocycles. The van der Waals surface area contributed by atoms with Gasteiger partial charge in [0.25, 0.3) is 5.69 Å². The quantitative estimate of drug-likeness (QED) is 0.325. The third-order valence-corrected chi connectivity index (χ3v) is 5.91. The maximum atomic E-state index is 13.0. The molecule has 8 nitrogen and oxygen atoms in total. The van der Waals surface area contributed by atoms with Crippen molar-refractivity contribution in [1.29, 1.82) is 5.26 Å². The fraction of sp³-hybridized carbons (Fsp3) is 0.250. The molecule has 0 radical (unpaired) electrons. The number of halogens is 3. The summed E-state index contributed by atoms with van der Waals surface area (Å²) in [5.41, 5.74) is 2.64. The van der Waals surface area contributed by atoms with Crippen LogP contribution in [-0.2, 0) is 19.3 Å². The lowest BCUT2D eigenvalue weighted by Crippen LogP contribution is -2.42. The molecule has 0 amide bonds. The fourth-order valence-corrected chi connectivity index (χ4v) is 4.18. The highest BCUT2D eigenvalue weighted by atomic mass is 19.4. The molecule has 2 aromatic heterocycles. The van der Waals surface area contributed by atoms with Gasteiger partial charge in [-0.3, -0.25) is 0 Å². The summed E-state index contributed by atoms with van der Waals surface area (Å²) in [6.45, 7) is 3.09. The summed E-state index contributed by atoms with van der Waals surface area (Å²) in [6.07, 6.45) is -1.49. The van der Waals surface area contributed by atoms with E-state index < -0.39 is 11.7 Å². The van der Waals surface area contributed by atoms with Gasteiger partial charge < -0.3 is 14.8 Å². The van der Waals surface area contributed by atoms with Crippen molar-refractivity contribution < 1.29 is 22.8 Å². The second kappa shape index (κ2) is 8.47. The van der Waals surface area contributed by atoms with Crippen molar-refractivity contribution >= 4 is 16.6 Å². The van der Waals surface area contributed by atoms with E-state index in [0.29, 0.717) is 52.7 Å². The molecule has 0 saturated heterocycles. The predicted molar refractivity (Wildman–Crippen MR) is 120 cm³/mol. The summed E-state index contributed by atoms with van der Waals surface area (Å²) in [4.78, 5) is 11.4. The van der Waals surface area contributed by atoms with Gasteiger partial charge in [-0.15, -0.1) is 4.68 Å². The summed E-state index contributed by atoms with van der Waals surface area (Å²) in [7, 11) is 0. The van der Waals surface area contributed by atoms with E-state index in [0.717, 1.165) is 28.9 Å². The zero-order valence-electron chi connectivity index (χ0n) is 18.6. The van der Waals surface area contributed by atoms with Crippen molar-refractivity contribution in [1.82, 2.24) is 14.6 Å². The summed E-state index contributed by atoms with van der Waals surface area (Å²) in [5.74, 6) is 0.865. The third-order valence-electron chi connectivity index (χ3n) is 5.91. The van der Waals surface area contributed by atoms with Gasteiger partial charge in [0.15, 0.2) is 12.4 Å². The second-order valence-corrected chi connectivity index (χ2v) is 8.20. The first kappa shape index (κ1) is 22.5. The van der Waals surface area contributed by atoms with Crippen LogP contribution in [0.1, 0.15) is 16.8 Å². The second-order valence-electron chi connectivity index (χ2n) is 8.20. The van der Waals surface area contributed by atoms with Crippen molar-refractivity contribution in [3.63, 3.8) is 0 Å². The predicted octanol–water partition coefficient (Wildman–Crippen LogP) is 3.98. The van der Waals surface area contributed by atoms with E-state index in [1.807, 2.05) is 36.1 Å². The Kier molecular flexibility index (Phi) is 5.43. The van der Waals surface area contributed by atoms with Gasteiger partial charge in [0.2, 0.25) is 5.75 Å². The molecule has 3 heterocycles. The highest BCUT2D eigenvalue weighted by Crippen LogP contribution is 2.32. The van der Waals surface area contributed by atoms with Crippen LogP contribution in [0.25, 0.3) is 22.3 Å². The van der Waals surface area contributed by atoms with Gasteiger partial charge in [0.05, 0.1) is 23.7 Å². The van der Waals surface area contributed by atoms with Crippen LogP contribution >= 0.6 is 0 Å². The maximum absolute atomic E-state index is 13.0. The molecule has 35 heavy (non-hydrogen) atoms. The number of hydrogen-bond acceptors (Lipinski definition) is 6. The first-order valence-corrected chi connectivity index (χ1v) is 10.8. The minimum atomic E-state index is -4.43. The zero-order chi connectivity index (χ0) is 24.7. The molecule has 2 aromatic carbocycles. The normalized spacial score (nSPS) is 13.7. The van der Waals surface area contributed by atoms with E-state index in [1.54, 1.807) is 6.20 Å². The number of nitrogens with zero attached hydrogens (tertiary/aromatic N) is 6. The number of aromatic nitrogens is 4. The molecular weight excluding hydrogens is 461 g/mol. The van der Waals surface area contributed by atoms with Crippen molar-refractivity contribution in [3.8, 4) is 23.2 Å². The van der Waals surface area contributed by atoms with E-state index in [2.05, 4.69) is 9.97 Å². The van der Waals surface area contributed by atoms with Crippen molar-refractivity contribution in [2.24, 2.45) is 0 Å². The van der Waals surface area contributed by atoms with Gasteiger partial charge in [-0.1, -0.05) is 4.85 Å². The number of rotatable bonds is 3. The van der Waals surface area contributed by atoms with Crippen molar-refractivity contribution in [2.75, 3.05) is 18.1 Å². The molecule has 178 valence electrons. The molecule has 11 heteroatoms. The number of aryl methyl sites for hydroxylation is 1. The van der Waals surface area contributed by atoms with E-state index in [-0.39, 0.29) is 6.54 Å². The number of benzene rings is 2. The largest absolute Gasteiger partial charge is 0.596 e. The number of ether oxygens (including phenoxy) is 1. The molecule has 0 aliphatic carbocycles. The fourth-order valence-electron chi connectivity index (χ4n) is 4.18. The molecule has 0 N–H and O–H groups in total. The van der Waals surface area contributed by atoms with Crippen LogP contribution in [0.4, 0.5) is 18.9 Å². The topological polar surface area (TPSA) is 93.9 Å². The Morgan fingerprint density at radius 3 is 2.80 bits per heavy atom. The lowest BCUT2D eigenvalue weighted by molar-refractivity contribution is -0.700. The van der Waals surface area contributed by atoms with Crippen LogP contribution in [0, 0.1) is 23.5 Å². The lowest BCUT2D eigenvalue weighted by atomic mass is 10.1. The van der Waals surface area contributed by atoms with Gasteiger partial charge >= 0.3 is 6.18 Å². The molecule has 0 fully saturated rings. The smallest absolute Gasteiger partial charge is 0.416 e. The number of nitriles is 1. The highest BCUT2D eigenvalue weighted by molar-refractivity contribution is 5.80. The van der Waals surface area contributed by atoms with Gasteiger partial charge in [0, 0.05) is 22.8 Å². The first-order valence-electron chi connectivity index (χ1n) is 10.8. The van der Waals surface area contributed by atoms with Gasteiger partial charge in [-0.05, 0) is 48.9 Å². The minimum absolute atomic E-state index is 0.0726. The van der Waals surface area contributed by atoms with E-state index in [1.165, 1.54) is 16.9 Å². The Balaban J connectivity index is 1.43. The lowest BCUT2D eigenvalue weighted by Gasteiger charge is -2.23. The van der Waals surface area contributed by atoms with Gasteiger partial charge in [0.1, 0.15) is 19.3 Å². The van der Waals surface area contributed by atoms with Crippen LogP contribution in [0.15, 0.2) is 48.8 Å². The molecule has 1 aliphatic heterocycles. The Morgan fingerprint density at radius 1 is 1.23 bits per heavy atom. The summed E-state index contributed by atoms with van der Waals surface area (Å²) >= 11 is 0. The minimum Gasteiger partial charge on any atom is -0.596 e. The summed E-state index contributed by atoms with van der Waals surface area (Å²) in [6, 6.07) is 11.0. The summed E-state index contributed by atoms with van der Waals surface area (Å²) in [5, 5.41) is 21.8. The monoisotopic (exact) mass is 480 g/mol. The number of alkyl halides is 3. The maximum Gasteiger partial charge on any atom is 0.416 e. The van der Waals surface area contributed by atoms with Gasteiger partial charge in [-0.25, -0.2) is 9.97 Å². The number of fused-ring (bicyclic) bond motifs is 2. The van der Waals surface area contributed by atoms with E-state index in [9.17, 15) is 18.4 Å². The van der Waals surface area contributed by atoms with Crippen LogP contribution in [0.5, 0.6) is 5.75 Å². The highest BCUT2D eigenvalue weighted by Gasteiger charge is 2.31. The SMILES string of the molecule is Cc1cc(-c2ncc3cc(C(F)(F)F)ccc3n2)ccc1N1CCOc2cn(CC#N)[n+]([O-])c2C1. The van der Waals surface area contributed by atoms with Crippen LogP contribution < -0.4 is 14.5 Å². The molecule has 0 spiro atoms. The molecule has 0 unspecified atom stereocenters. The average Bonchev–Trinajstić information content (AvgIpc) is 2.98. The Morgan fingerprint density at radius 2 is 2.06 bits per heavy atom.